The first-order chi connectivity index (χ1) is 11.5. The summed E-state index contributed by atoms with van der Waals surface area (Å²) < 4.78 is 37.8. The minimum Gasteiger partial charge on any atom is -0.466 e. The van der Waals surface area contributed by atoms with E-state index in [2.05, 4.69) is 4.90 Å². The van der Waals surface area contributed by atoms with Crippen LogP contribution >= 0.6 is 24.8 Å². The summed E-state index contributed by atoms with van der Waals surface area (Å²) in [5, 5.41) is 0. The maximum absolute atomic E-state index is 13.3. The van der Waals surface area contributed by atoms with Crippen LogP contribution in [0.15, 0.2) is 0 Å². The summed E-state index contributed by atoms with van der Waals surface area (Å²) in [7, 11) is 0. The monoisotopic (exact) mass is 418 g/mol. The molecule has 5 nitrogen and oxygen atoms in total. The molecule has 0 aromatic heterocycles. The van der Waals surface area contributed by atoms with Crippen LogP contribution in [0.1, 0.15) is 45.4 Å². The van der Waals surface area contributed by atoms with E-state index in [-0.39, 0.29) is 62.2 Å². The van der Waals surface area contributed by atoms with E-state index in [4.69, 9.17) is 9.47 Å². The largest absolute Gasteiger partial charge is 0.466 e. The third kappa shape index (κ3) is 5.89. The third-order valence-corrected chi connectivity index (χ3v) is 5.24. The average molecular weight is 419 g/mol. The van der Waals surface area contributed by atoms with Gasteiger partial charge in [-0.3, -0.25) is 14.6 Å². The molecule has 1 atom stereocenters. The molecule has 0 aromatic rings. The second kappa shape index (κ2) is 10.4. The number of ether oxygens (including phenoxy) is 2. The molecule has 2 aliphatic heterocycles. The van der Waals surface area contributed by atoms with Crippen LogP contribution in [0.2, 0.25) is 0 Å². The van der Waals surface area contributed by atoms with Gasteiger partial charge in [-0.05, 0) is 45.4 Å². The fourth-order valence-corrected chi connectivity index (χ4v) is 3.94. The normalized spacial score (nSPS) is 29.8. The Labute approximate surface area is 166 Å². The molecule has 3 rings (SSSR count). The van der Waals surface area contributed by atoms with Crippen molar-refractivity contribution in [1.82, 2.24) is 9.80 Å². The minimum absolute atomic E-state index is 0. The molecule has 0 aromatic carbocycles. The first-order valence-corrected chi connectivity index (χ1v) is 9.16. The molecule has 0 N–H and O–H groups in total. The summed E-state index contributed by atoms with van der Waals surface area (Å²) in [6, 6.07) is 0. The number of carbonyl (C=O) groups excluding carboxylic acids is 1. The molecule has 1 unspecified atom stereocenters. The zero-order valence-corrected chi connectivity index (χ0v) is 16.8. The maximum atomic E-state index is 13.3. The smallest absolute Gasteiger partial charge is 0.308 e. The van der Waals surface area contributed by atoms with E-state index in [1.54, 1.807) is 4.90 Å². The second-order valence-corrected chi connectivity index (χ2v) is 7.19. The van der Waals surface area contributed by atoms with Crippen LogP contribution in [0.4, 0.5) is 8.78 Å². The number of nitrogens with zero attached hydrogens (tertiary/aromatic N) is 2. The van der Waals surface area contributed by atoms with Gasteiger partial charge in [0.1, 0.15) is 0 Å². The molecule has 0 spiro atoms. The molecule has 1 saturated carbocycles. The van der Waals surface area contributed by atoms with E-state index in [0.717, 1.165) is 51.6 Å². The number of hydrogen-bond donors (Lipinski definition) is 0. The van der Waals surface area contributed by atoms with Crippen LogP contribution in [0, 0.1) is 5.92 Å². The van der Waals surface area contributed by atoms with Crippen molar-refractivity contribution in [1.29, 1.82) is 0 Å². The zero-order valence-electron chi connectivity index (χ0n) is 15.2. The summed E-state index contributed by atoms with van der Waals surface area (Å²) in [4.78, 5) is 15.7. The molecule has 26 heavy (non-hydrogen) atoms. The Morgan fingerprint density at radius 1 is 1.08 bits per heavy atom. The van der Waals surface area contributed by atoms with Crippen LogP contribution in [0.5, 0.6) is 0 Å². The molecule has 0 radical (unpaired) electrons. The van der Waals surface area contributed by atoms with E-state index >= 15 is 0 Å². The highest BCUT2D eigenvalue weighted by molar-refractivity contribution is 5.85. The Kier molecular flexibility index (Phi) is 9.50. The van der Waals surface area contributed by atoms with Crippen LogP contribution in [0.25, 0.3) is 0 Å². The number of hydrogen-bond acceptors (Lipinski definition) is 5. The fraction of sp³-hybridized carbons (Fsp3) is 0.941. The molecule has 2 heterocycles. The quantitative estimate of drug-likeness (QED) is 0.619. The third-order valence-electron chi connectivity index (χ3n) is 5.24. The highest BCUT2D eigenvalue weighted by Gasteiger charge is 2.49. The molecule has 1 aliphatic carbocycles. The summed E-state index contributed by atoms with van der Waals surface area (Å²) in [5.41, 5.74) is 0. The Morgan fingerprint density at radius 2 is 1.65 bits per heavy atom. The Morgan fingerprint density at radius 3 is 2.15 bits per heavy atom. The van der Waals surface area contributed by atoms with Crippen molar-refractivity contribution in [2.45, 2.75) is 63.8 Å². The lowest BCUT2D eigenvalue weighted by atomic mass is 9.87. The zero-order chi connectivity index (χ0) is 17.2. The van der Waals surface area contributed by atoms with E-state index in [1.165, 1.54) is 0 Å². The Hall–Kier alpha value is -0.210. The van der Waals surface area contributed by atoms with Gasteiger partial charge in [-0.15, -0.1) is 24.8 Å². The predicted octanol–water partition coefficient (Wildman–Crippen LogP) is 3.30. The van der Waals surface area contributed by atoms with Crippen molar-refractivity contribution in [3.63, 3.8) is 0 Å². The number of halogens is 4. The predicted molar refractivity (Wildman–Crippen MR) is 99.1 cm³/mol. The van der Waals surface area contributed by atoms with Crippen molar-refractivity contribution in [2.24, 2.45) is 5.92 Å². The van der Waals surface area contributed by atoms with Crippen LogP contribution < -0.4 is 0 Å². The molecule has 2 saturated heterocycles. The van der Waals surface area contributed by atoms with Gasteiger partial charge in [-0.25, -0.2) is 8.78 Å². The van der Waals surface area contributed by atoms with Crippen molar-refractivity contribution in [3.05, 3.63) is 0 Å². The Bertz CT molecular complexity index is 438. The van der Waals surface area contributed by atoms with Gasteiger partial charge in [-0.1, -0.05) is 0 Å². The molecule has 3 aliphatic rings. The standard InChI is InChI=1S/C17H28F2N2O3.2ClH/c1-2-23-15(22)13-5-7-14(8-6-13)24-16(20-9-3-4-10-20)21-11-17(18,19)12-21;;/h13-14,16H,2-12H2,1H3;2*1H. The highest BCUT2D eigenvalue weighted by Crippen LogP contribution is 2.34. The molecule has 3 fully saturated rings. The van der Waals surface area contributed by atoms with Gasteiger partial charge in [0.05, 0.1) is 31.7 Å². The summed E-state index contributed by atoms with van der Waals surface area (Å²) in [5.74, 6) is -2.74. The molecule has 154 valence electrons. The number of carbonyl (C=O) groups is 1. The average Bonchev–Trinajstić information content (AvgIpc) is 3.05. The first-order valence-electron chi connectivity index (χ1n) is 9.16. The van der Waals surface area contributed by atoms with Crippen LogP contribution in [0.3, 0.4) is 0 Å². The van der Waals surface area contributed by atoms with Crippen molar-refractivity contribution >= 4 is 30.8 Å². The Balaban J connectivity index is 0.00000169. The van der Waals surface area contributed by atoms with Crippen molar-refractivity contribution in [3.8, 4) is 0 Å². The molecule has 0 amide bonds. The van der Waals surface area contributed by atoms with Gasteiger partial charge in [0.15, 0.2) is 6.35 Å². The lowest BCUT2D eigenvalue weighted by Gasteiger charge is -2.47. The fourth-order valence-electron chi connectivity index (χ4n) is 3.94. The van der Waals surface area contributed by atoms with Gasteiger partial charge in [0.2, 0.25) is 0 Å². The second-order valence-electron chi connectivity index (χ2n) is 7.19. The SMILES string of the molecule is CCOC(=O)C1CCC(OC(N2CCCC2)N2CC(F)(F)C2)CC1.Cl.Cl. The summed E-state index contributed by atoms with van der Waals surface area (Å²) >= 11 is 0. The lowest BCUT2D eigenvalue weighted by Crippen LogP contribution is -2.65. The van der Waals surface area contributed by atoms with E-state index in [0.29, 0.717) is 6.61 Å². The minimum atomic E-state index is -2.58. The van der Waals surface area contributed by atoms with Crippen molar-refractivity contribution < 1.29 is 23.0 Å². The summed E-state index contributed by atoms with van der Waals surface area (Å²) in [6.07, 6.45) is 4.99. The van der Waals surface area contributed by atoms with Gasteiger partial charge >= 0.3 is 5.97 Å². The number of rotatable bonds is 6. The molecule has 9 heteroatoms. The highest BCUT2D eigenvalue weighted by atomic mass is 35.5. The number of alkyl halides is 2. The number of esters is 1. The van der Waals surface area contributed by atoms with Gasteiger partial charge in [-0.2, -0.15) is 0 Å². The van der Waals surface area contributed by atoms with Crippen molar-refractivity contribution in [2.75, 3.05) is 32.8 Å². The molecule has 0 bridgehead atoms. The van der Waals surface area contributed by atoms with E-state index < -0.39 is 5.92 Å². The van der Waals surface area contributed by atoms with Gasteiger partial charge in [0, 0.05) is 13.1 Å². The first kappa shape index (κ1) is 23.8. The van der Waals surface area contributed by atoms with Gasteiger partial charge < -0.3 is 9.47 Å². The van der Waals surface area contributed by atoms with Gasteiger partial charge in [0.25, 0.3) is 5.92 Å². The summed E-state index contributed by atoms with van der Waals surface area (Å²) in [6.45, 7) is 3.61. The lowest BCUT2D eigenvalue weighted by molar-refractivity contribution is -0.255. The van der Waals surface area contributed by atoms with Crippen LogP contribution in [-0.2, 0) is 14.3 Å². The topological polar surface area (TPSA) is 42.0 Å². The molecular formula is C17H30Cl2F2N2O3. The van der Waals surface area contributed by atoms with E-state index in [1.807, 2.05) is 6.92 Å². The van der Waals surface area contributed by atoms with E-state index in [9.17, 15) is 13.6 Å². The maximum Gasteiger partial charge on any atom is 0.308 e. The molecular weight excluding hydrogens is 389 g/mol. The van der Waals surface area contributed by atoms with Crippen LogP contribution in [-0.4, -0.2) is 66.9 Å². The number of likely N-dealkylation sites (tertiary alicyclic amines) is 2.